The van der Waals surface area contributed by atoms with Crippen LogP contribution in [0.5, 0.6) is 0 Å². The van der Waals surface area contributed by atoms with E-state index in [-0.39, 0.29) is 11.7 Å². The van der Waals surface area contributed by atoms with Crippen molar-refractivity contribution in [1.29, 1.82) is 0 Å². The number of thiazole rings is 1. The summed E-state index contributed by atoms with van der Waals surface area (Å²) in [5.74, 6) is -0.567. The zero-order valence-corrected chi connectivity index (χ0v) is 17.0. The van der Waals surface area contributed by atoms with Crippen molar-refractivity contribution in [3.05, 3.63) is 100 Å². The number of carbonyl (C=O) groups excluding carboxylic acids is 1. The van der Waals surface area contributed by atoms with Crippen molar-refractivity contribution in [1.82, 2.24) is 4.57 Å². The molecular weight excluding hydrogens is 383 g/mol. The number of hydrogen-bond acceptors (Lipinski definition) is 2. The Kier molecular flexibility index (Phi) is 5.67. The van der Waals surface area contributed by atoms with Gasteiger partial charge in [-0.05, 0) is 54.3 Å². The van der Waals surface area contributed by atoms with Gasteiger partial charge in [0.1, 0.15) is 5.82 Å². The number of aromatic nitrogens is 1. The molecule has 0 atom stereocenters. The fraction of sp³-hybridized carbons (Fsp3) is 0.167. The molecule has 0 bridgehead atoms. The van der Waals surface area contributed by atoms with E-state index >= 15 is 0 Å². The molecule has 3 nitrogen and oxygen atoms in total. The van der Waals surface area contributed by atoms with E-state index in [2.05, 4.69) is 24.0 Å². The van der Waals surface area contributed by atoms with Crippen LogP contribution in [0.4, 0.5) is 4.39 Å². The number of hydrogen-bond donors (Lipinski definition) is 0. The summed E-state index contributed by atoms with van der Waals surface area (Å²) in [6.45, 7) is 2.80. The Morgan fingerprint density at radius 2 is 1.72 bits per heavy atom. The summed E-state index contributed by atoms with van der Waals surface area (Å²) in [7, 11) is 0. The van der Waals surface area contributed by atoms with Gasteiger partial charge in [-0.1, -0.05) is 60.7 Å². The standard InChI is InChI=1S/C24H21FN2OS/c1-2-14-27-21-13-12-20(25)16-22(21)29-24(27)26-23(28)19-10-8-18(9-11-19)15-17-6-4-3-5-7-17/h3-13,16H,2,14-15H2,1H3. The molecule has 0 aliphatic rings. The molecule has 1 aromatic heterocycles. The molecule has 5 heteroatoms. The minimum Gasteiger partial charge on any atom is -0.316 e. The molecule has 0 unspecified atom stereocenters. The van der Waals surface area contributed by atoms with Crippen molar-refractivity contribution in [3.63, 3.8) is 0 Å². The van der Waals surface area contributed by atoms with Gasteiger partial charge in [-0.2, -0.15) is 4.99 Å². The van der Waals surface area contributed by atoms with Crippen LogP contribution in [0.15, 0.2) is 77.8 Å². The lowest BCUT2D eigenvalue weighted by atomic mass is 10.0. The second kappa shape index (κ2) is 8.53. The van der Waals surface area contributed by atoms with Gasteiger partial charge in [0.15, 0.2) is 4.80 Å². The molecule has 0 saturated carbocycles. The zero-order valence-electron chi connectivity index (χ0n) is 16.1. The largest absolute Gasteiger partial charge is 0.316 e. The van der Waals surface area contributed by atoms with Gasteiger partial charge in [0, 0.05) is 12.1 Å². The molecule has 0 spiro atoms. The SMILES string of the molecule is CCCn1c(=NC(=O)c2ccc(Cc3ccccc3)cc2)sc2cc(F)ccc21. The maximum absolute atomic E-state index is 13.6. The summed E-state index contributed by atoms with van der Waals surface area (Å²) in [5, 5.41) is 0. The second-order valence-corrected chi connectivity index (χ2v) is 7.93. The van der Waals surface area contributed by atoms with E-state index in [0.29, 0.717) is 10.4 Å². The van der Waals surface area contributed by atoms with E-state index in [0.717, 1.165) is 35.2 Å². The first-order valence-corrected chi connectivity index (χ1v) is 10.5. The van der Waals surface area contributed by atoms with Gasteiger partial charge in [0.2, 0.25) is 0 Å². The molecule has 3 aromatic carbocycles. The van der Waals surface area contributed by atoms with E-state index in [4.69, 9.17) is 0 Å². The van der Waals surface area contributed by atoms with Crippen molar-refractivity contribution in [3.8, 4) is 0 Å². The third kappa shape index (κ3) is 4.35. The Bertz CT molecular complexity index is 1210. The number of nitrogens with zero attached hydrogens (tertiary/aromatic N) is 2. The smallest absolute Gasteiger partial charge is 0.279 e. The zero-order chi connectivity index (χ0) is 20.2. The molecule has 4 aromatic rings. The van der Waals surface area contributed by atoms with E-state index in [1.807, 2.05) is 47.0 Å². The maximum Gasteiger partial charge on any atom is 0.279 e. The van der Waals surface area contributed by atoms with Crippen LogP contribution < -0.4 is 4.80 Å². The van der Waals surface area contributed by atoms with Gasteiger partial charge < -0.3 is 4.57 Å². The lowest BCUT2D eigenvalue weighted by Gasteiger charge is -2.04. The van der Waals surface area contributed by atoms with E-state index in [1.54, 1.807) is 6.07 Å². The summed E-state index contributed by atoms with van der Waals surface area (Å²) in [5.41, 5.74) is 3.83. The predicted octanol–water partition coefficient (Wildman–Crippen LogP) is 5.58. The Hall–Kier alpha value is -3.05. The first kappa shape index (κ1) is 19.3. The highest BCUT2D eigenvalue weighted by Crippen LogP contribution is 2.19. The average molecular weight is 405 g/mol. The quantitative estimate of drug-likeness (QED) is 0.427. The van der Waals surface area contributed by atoms with Gasteiger partial charge in [-0.3, -0.25) is 4.79 Å². The Labute approximate surface area is 172 Å². The van der Waals surface area contributed by atoms with Crippen LogP contribution in [-0.4, -0.2) is 10.5 Å². The molecule has 0 N–H and O–H groups in total. The van der Waals surface area contributed by atoms with Gasteiger partial charge in [0.05, 0.1) is 10.2 Å². The molecular formula is C24H21FN2OS. The number of carbonyl (C=O) groups is 1. The molecule has 1 amide bonds. The Morgan fingerprint density at radius 3 is 2.45 bits per heavy atom. The minimum absolute atomic E-state index is 0.283. The molecule has 0 fully saturated rings. The monoisotopic (exact) mass is 404 g/mol. The molecule has 0 saturated heterocycles. The van der Waals surface area contributed by atoms with Gasteiger partial charge in [-0.25, -0.2) is 4.39 Å². The van der Waals surface area contributed by atoms with Crippen LogP contribution in [0.25, 0.3) is 10.2 Å². The average Bonchev–Trinajstić information content (AvgIpc) is 3.05. The Morgan fingerprint density at radius 1 is 1.00 bits per heavy atom. The van der Waals surface area contributed by atoms with Crippen LogP contribution in [0.2, 0.25) is 0 Å². The number of aryl methyl sites for hydroxylation is 1. The van der Waals surface area contributed by atoms with Gasteiger partial charge >= 0.3 is 0 Å². The molecule has 1 heterocycles. The van der Waals surface area contributed by atoms with E-state index in [1.165, 1.54) is 29.0 Å². The number of amides is 1. The first-order valence-electron chi connectivity index (χ1n) is 9.65. The first-order chi connectivity index (χ1) is 14.1. The van der Waals surface area contributed by atoms with Gasteiger partial charge in [-0.15, -0.1) is 0 Å². The predicted molar refractivity (Wildman–Crippen MR) is 116 cm³/mol. The number of rotatable bonds is 5. The van der Waals surface area contributed by atoms with Crippen molar-refractivity contribution in [2.75, 3.05) is 0 Å². The highest BCUT2D eigenvalue weighted by Gasteiger charge is 2.10. The van der Waals surface area contributed by atoms with Crippen molar-refractivity contribution >= 4 is 27.5 Å². The maximum atomic E-state index is 13.6. The molecule has 4 rings (SSSR count). The highest BCUT2D eigenvalue weighted by molar-refractivity contribution is 7.16. The topological polar surface area (TPSA) is 34.4 Å². The van der Waals surface area contributed by atoms with Gasteiger partial charge in [0.25, 0.3) is 5.91 Å². The van der Waals surface area contributed by atoms with Crippen molar-refractivity contribution in [2.45, 2.75) is 26.3 Å². The lowest BCUT2D eigenvalue weighted by molar-refractivity contribution is 0.0998. The third-order valence-electron chi connectivity index (χ3n) is 4.74. The van der Waals surface area contributed by atoms with E-state index in [9.17, 15) is 9.18 Å². The highest BCUT2D eigenvalue weighted by atomic mass is 32.1. The molecule has 29 heavy (non-hydrogen) atoms. The fourth-order valence-electron chi connectivity index (χ4n) is 3.32. The third-order valence-corrected chi connectivity index (χ3v) is 5.78. The fourth-order valence-corrected chi connectivity index (χ4v) is 4.40. The molecule has 0 aliphatic carbocycles. The van der Waals surface area contributed by atoms with Crippen LogP contribution >= 0.6 is 11.3 Å². The molecule has 0 radical (unpaired) electrons. The van der Waals surface area contributed by atoms with E-state index < -0.39 is 0 Å². The van der Waals surface area contributed by atoms with Crippen molar-refractivity contribution in [2.24, 2.45) is 4.99 Å². The van der Waals surface area contributed by atoms with Crippen molar-refractivity contribution < 1.29 is 9.18 Å². The molecule has 0 aliphatic heterocycles. The van der Waals surface area contributed by atoms with Crippen LogP contribution in [0.1, 0.15) is 34.8 Å². The lowest BCUT2D eigenvalue weighted by Crippen LogP contribution is -2.16. The summed E-state index contributed by atoms with van der Waals surface area (Å²) in [6, 6.07) is 22.5. The summed E-state index contributed by atoms with van der Waals surface area (Å²) >= 11 is 1.34. The number of halogens is 1. The minimum atomic E-state index is -0.284. The Balaban J connectivity index is 1.63. The normalized spacial score (nSPS) is 11.9. The van der Waals surface area contributed by atoms with Crippen LogP contribution in [0.3, 0.4) is 0 Å². The number of fused-ring (bicyclic) bond motifs is 1. The number of benzene rings is 3. The summed E-state index contributed by atoms with van der Waals surface area (Å²) in [6.07, 6.45) is 1.73. The van der Waals surface area contributed by atoms with Crippen LogP contribution in [0, 0.1) is 5.82 Å². The second-order valence-electron chi connectivity index (χ2n) is 6.92. The summed E-state index contributed by atoms with van der Waals surface area (Å²) < 4.78 is 16.4. The molecule has 146 valence electrons. The summed E-state index contributed by atoms with van der Waals surface area (Å²) in [4.78, 5) is 17.7. The van der Waals surface area contributed by atoms with Crippen LogP contribution in [-0.2, 0) is 13.0 Å².